The lowest BCUT2D eigenvalue weighted by molar-refractivity contribution is 1.17. The van der Waals surface area contributed by atoms with E-state index in [0.717, 1.165) is 23.0 Å². The van der Waals surface area contributed by atoms with E-state index in [1.54, 1.807) is 6.20 Å². The molecule has 0 saturated carbocycles. The summed E-state index contributed by atoms with van der Waals surface area (Å²) in [6, 6.07) is 15.6. The highest BCUT2D eigenvalue weighted by Gasteiger charge is 2.06. The monoisotopic (exact) mass is 384 g/mol. The quantitative estimate of drug-likeness (QED) is 0.319. The molecule has 0 unspecified atom stereocenters. The van der Waals surface area contributed by atoms with Gasteiger partial charge in [0.05, 0.1) is 0 Å². The van der Waals surface area contributed by atoms with Crippen molar-refractivity contribution in [2.75, 3.05) is 5.32 Å². The third-order valence-electron chi connectivity index (χ3n) is 4.36. The van der Waals surface area contributed by atoms with Crippen LogP contribution in [0.25, 0.3) is 17.5 Å². The standard InChI is InChI=1S/C23H24N6/c1-15(2)12-18-4-5-19(13-16(18)3)23-26-11-10-22(28-23)27-20-8-6-17(7-9-20)21(14-24)29-25/h4-14,24H,25H2,1-3H3,(H,26,27,28)/b24-14?,29-21+. The highest BCUT2D eigenvalue weighted by molar-refractivity contribution is 6.37. The van der Waals surface area contributed by atoms with E-state index in [9.17, 15) is 0 Å². The zero-order chi connectivity index (χ0) is 20.8. The summed E-state index contributed by atoms with van der Waals surface area (Å²) in [5.74, 6) is 6.66. The van der Waals surface area contributed by atoms with Gasteiger partial charge in [-0.15, -0.1) is 0 Å². The van der Waals surface area contributed by atoms with Crippen LogP contribution in [-0.2, 0) is 0 Å². The largest absolute Gasteiger partial charge is 0.340 e. The zero-order valence-corrected chi connectivity index (χ0v) is 16.8. The molecule has 4 N–H and O–H groups in total. The summed E-state index contributed by atoms with van der Waals surface area (Å²) in [6.07, 6.45) is 5.04. The van der Waals surface area contributed by atoms with Gasteiger partial charge >= 0.3 is 0 Å². The van der Waals surface area contributed by atoms with E-state index in [1.807, 2.05) is 36.4 Å². The fraction of sp³-hybridized carbons (Fsp3) is 0.130. The van der Waals surface area contributed by atoms with Crippen LogP contribution in [0.1, 0.15) is 30.5 Å². The Morgan fingerprint density at radius 1 is 1.10 bits per heavy atom. The third-order valence-corrected chi connectivity index (χ3v) is 4.36. The summed E-state index contributed by atoms with van der Waals surface area (Å²) >= 11 is 0. The molecule has 0 radical (unpaired) electrons. The highest BCUT2D eigenvalue weighted by Crippen LogP contribution is 2.23. The number of aryl methyl sites for hydroxylation is 1. The van der Waals surface area contributed by atoms with Crippen LogP contribution in [0.4, 0.5) is 11.5 Å². The Bertz CT molecular complexity index is 1080. The molecular weight excluding hydrogens is 360 g/mol. The first kappa shape index (κ1) is 19.9. The van der Waals surface area contributed by atoms with Crippen molar-refractivity contribution in [2.45, 2.75) is 20.8 Å². The van der Waals surface area contributed by atoms with E-state index in [1.165, 1.54) is 16.7 Å². The Morgan fingerprint density at radius 2 is 1.86 bits per heavy atom. The molecule has 1 aromatic heterocycles. The van der Waals surface area contributed by atoms with Crippen molar-refractivity contribution < 1.29 is 0 Å². The van der Waals surface area contributed by atoms with Gasteiger partial charge in [0, 0.05) is 29.2 Å². The molecule has 6 nitrogen and oxygen atoms in total. The van der Waals surface area contributed by atoms with E-state index < -0.39 is 0 Å². The molecule has 0 bridgehead atoms. The fourth-order valence-electron chi connectivity index (χ4n) is 2.92. The summed E-state index contributed by atoms with van der Waals surface area (Å²) in [5.41, 5.74) is 6.70. The van der Waals surface area contributed by atoms with Gasteiger partial charge in [-0.1, -0.05) is 35.9 Å². The lowest BCUT2D eigenvalue weighted by Crippen LogP contribution is -2.05. The molecule has 3 rings (SSSR count). The minimum absolute atomic E-state index is 0.424. The number of nitrogens with one attached hydrogen (secondary N) is 2. The van der Waals surface area contributed by atoms with Crippen LogP contribution in [0, 0.1) is 12.3 Å². The molecule has 2 aromatic carbocycles. The normalized spacial score (nSPS) is 11.1. The van der Waals surface area contributed by atoms with Gasteiger partial charge in [-0.05, 0) is 56.2 Å². The molecule has 6 heteroatoms. The molecular formula is C23H24N6. The van der Waals surface area contributed by atoms with Crippen molar-refractivity contribution in [1.29, 1.82) is 5.41 Å². The number of nitrogens with two attached hydrogens (primary N) is 1. The summed E-state index contributed by atoms with van der Waals surface area (Å²) < 4.78 is 0. The van der Waals surface area contributed by atoms with Crippen LogP contribution >= 0.6 is 0 Å². The van der Waals surface area contributed by atoms with Crippen LogP contribution in [0.3, 0.4) is 0 Å². The molecule has 29 heavy (non-hydrogen) atoms. The number of hydrogen-bond donors (Lipinski definition) is 3. The number of nitrogens with zero attached hydrogens (tertiary/aromatic N) is 3. The second kappa shape index (κ2) is 8.93. The van der Waals surface area contributed by atoms with E-state index >= 15 is 0 Å². The average Bonchev–Trinajstić information content (AvgIpc) is 2.71. The van der Waals surface area contributed by atoms with Gasteiger partial charge in [-0.2, -0.15) is 5.10 Å². The van der Waals surface area contributed by atoms with Gasteiger partial charge in [0.25, 0.3) is 0 Å². The third kappa shape index (κ3) is 4.93. The van der Waals surface area contributed by atoms with Gasteiger partial charge in [-0.3, -0.25) is 0 Å². The molecule has 146 valence electrons. The Labute approximate surface area is 170 Å². The van der Waals surface area contributed by atoms with E-state index in [4.69, 9.17) is 11.3 Å². The first-order valence-electron chi connectivity index (χ1n) is 9.25. The predicted octanol–water partition coefficient (Wildman–Crippen LogP) is 4.93. The fourth-order valence-corrected chi connectivity index (χ4v) is 2.92. The summed E-state index contributed by atoms with van der Waals surface area (Å²) in [5, 5.41) is 14.2. The maximum Gasteiger partial charge on any atom is 0.161 e. The van der Waals surface area contributed by atoms with Gasteiger partial charge in [-0.25, -0.2) is 9.97 Å². The maximum atomic E-state index is 7.33. The molecule has 0 fully saturated rings. The lowest BCUT2D eigenvalue weighted by atomic mass is 10.0. The Kier molecular flexibility index (Phi) is 6.14. The smallest absolute Gasteiger partial charge is 0.161 e. The lowest BCUT2D eigenvalue weighted by Gasteiger charge is -2.09. The predicted molar refractivity (Wildman–Crippen MR) is 121 cm³/mol. The first-order chi connectivity index (χ1) is 14.0. The van der Waals surface area contributed by atoms with Gasteiger partial charge in [0.2, 0.25) is 0 Å². The van der Waals surface area contributed by atoms with Crippen LogP contribution < -0.4 is 11.2 Å². The van der Waals surface area contributed by atoms with Crippen molar-refractivity contribution in [3.63, 3.8) is 0 Å². The van der Waals surface area contributed by atoms with Gasteiger partial charge < -0.3 is 16.6 Å². The number of rotatable bonds is 6. The van der Waals surface area contributed by atoms with Crippen molar-refractivity contribution in [1.82, 2.24) is 9.97 Å². The minimum atomic E-state index is 0.424. The number of hydrazone groups is 1. The van der Waals surface area contributed by atoms with Gasteiger partial charge in [0.15, 0.2) is 5.82 Å². The zero-order valence-electron chi connectivity index (χ0n) is 16.8. The average molecular weight is 384 g/mol. The van der Waals surface area contributed by atoms with Crippen LogP contribution in [0.15, 0.2) is 65.4 Å². The van der Waals surface area contributed by atoms with Crippen LogP contribution in [0.2, 0.25) is 0 Å². The number of hydrogen-bond acceptors (Lipinski definition) is 6. The van der Waals surface area contributed by atoms with Crippen molar-refractivity contribution >= 4 is 29.5 Å². The number of benzene rings is 2. The molecule has 1 heterocycles. The topological polar surface area (TPSA) is 100 Å². The highest BCUT2D eigenvalue weighted by atomic mass is 15.1. The Morgan fingerprint density at radius 3 is 2.48 bits per heavy atom. The van der Waals surface area contributed by atoms with Crippen molar-refractivity contribution in [2.24, 2.45) is 10.9 Å². The number of aromatic nitrogens is 2. The maximum absolute atomic E-state index is 7.33. The van der Waals surface area contributed by atoms with Crippen LogP contribution in [-0.4, -0.2) is 21.9 Å². The number of anilines is 2. The van der Waals surface area contributed by atoms with Crippen molar-refractivity contribution in [3.05, 3.63) is 77.0 Å². The second-order valence-electron chi connectivity index (χ2n) is 6.92. The van der Waals surface area contributed by atoms with E-state index in [0.29, 0.717) is 17.4 Å². The molecule has 0 saturated heterocycles. The molecule has 0 amide bonds. The first-order valence-corrected chi connectivity index (χ1v) is 9.25. The van der Waals surface area contributed by atoms with E-state index in [-0.39, 0.29) is 0 Å². The minimum Gasteiger partial charge on any atom is -0.340 e. The van der Waals surface area contributed by atoms with Crippen molar-refractivity contribution in [3.8, 4) is 11.4 Å². The summed E-state index contributed by atoms with van der Waals surface area (Å²) in [4.78, 5) is 9.06. The summed E-state index contributed by atoms with van der Waals surface area (Å²) in [6.45, 7) is 6.27. The number of allylic oxidation sites excluding steroid dienone is 1. The molecule has 0 aliphatic heterocycles. The Balaban J connectivity index is 1.82. The van der Waals surface area contributed by atoms with Crippen LogP contribution in [0.5, 0.6) is 0 Å². The Hall–Kier alpha value is -3.80. The molecule has 0 aliphatic carbocycles. The van der Waals surface area contributed by atoms with E-state index in [2.05, 4.69) is 59.4 Å². The molecule has 0 atom stereocenters. The second-order valence-corrected chi connectivity index (χ2v) is 6.92. The summed E-state index contributed by atoms with van der Waals surface area (Å²) in [7, 11) is 0. The molecule has 3 aromatic rings. The molecule has 0 spiro atoms. The SMILES string of the molecule is CC(C)=Cc1ccc(-c2nccc(Nc3ccc(/C(C=N)=N/N)cc3)n2)cc1C. The van der Waals surface area contributed by atoms with Gasteiger partial charge in [0.1, 0.15) is 11.5 Å². The molecule has 0 aliphatic rings.